The van der Waals surface area contributed by atoms with Gasteiger partial charge >= 0.3 is 5.97 Å². The second-order valence-corrected chi connectivity index (χ2v) is 3.87. The lowest BCUT2D eigenvalue weighted by Gasteiger charge is -2.17. The van der Waals surface area contributed by atoms with Crippen molar-refractivity contribution in [1.82, 2.24) is 0 Å². The van der Waals surface area contributed by atoms with Crippen molar-refractivity contribution in [3.8, 4) is 0 Å². The van der Waals surface area contributed by atoms with Crippen molar-refractivity contribution in [3.63, 3.8) is 0 Å². The van der Waals surface area contributed by atoms with E-state index in [0.29, 0.717) is 11.3 Å². The zero-order valence-electron chi connectivity index (χ0n) is 10.7. The van der Waals surface area contributed by atoms with Gasteiger partial charge in [0.25, 0.3) is 0 Å². The molecule has 1 aromatic rings. The second kappa shape index (κ2) is 6.14. The molecule has 0 aliphatic heterocycles. The number of carbonyl (C=O) groups is 2. The van der Waals surface area contributed by atoms with Gasteiger partial charge in [-0.3, -0.25) is 9.59 Å². The van der Waals surface area contributed by atoms with Crippen LogP contribution in [0.2, 0.25) is 0 Å². The third kappa shape index (κ3) is 3.55. The monoisotopic (exact) mass is 253 g/mol. The number of aryl methyl sites for hydroxylation is 1. The summed E-state index contributed by atoms with van der Waals surface area (Å²) in [7, 11) is 1.54. The Labute approximate surface area is 105 Å². The molecule has 1 amide bonds. The van der Waals surface area contributed by atoms with Crippen molar-refractivity contribution < 1.29 is 18.7 Å². The summed E-state index contributed by atoms with van der Waals surface area (Å²) in [5.74, 6) is -1.28. The fraction of sp³-hybridized carbons (Fsp3) is 0.385. The first-order valence-electron chi connectivity index (χ1n) is 5.64. The molecule has 4 nitrogen and oxygen atoms in total. The Balaban J connectivity index is 2.74. The number of ether oxygens (including phenoxy) is 1. The number of esters is 1. The zero-order chi connectivity index (χ0) is 13.7. The second-order valence-electron chi connectivity index (χ2n) is 3.87. The summed E-state index contributed by atoms with van der Waals surface area (Å²) in [6, 6.07) is 4.34. The Morgan fingerprint density at radius 2 is 2.06 bits per heavy atom. The molecular weight excluding hydrogens is 237 g/mol. The lowest BCUT2D eigenvalue weighted by atomic mass is 10.2. The molecular formula is C13H16FNO3. The highest BCUT2D eigenvalue weighted by Gasteiger charge is 2.16. The van der Waals surface area contributed by atoms with Crippen LogP contribution < -0.4 is 4.90 Å². The van der Waals surface area contributed by atoms with Crippen molar-refractivity contribution in [2.24, 2.45) is 0 Å². The number of nitrogens with zero attached hydrogens (tertiary/aromatic N) is 1. The molecule has 0 N–H and O–H groups in total. The van der Waals surface area contributed by atoms with E-state index in [1.807, 2.05) is 0 Å². The normalized spacial score (nSPS) is 10.0. The maximum Gasteiger partial charge on any atom is 0.315 e. The quantitative estimate of drug-likeness (QED) is 0.609. The van der Waals surface area contributed by atoms with Crippen LogP contribution in [0.15, 0.2) is 18.2 Å². The minimum atomic E-state index is -0.562. The van der Waals surface area contributed by atoms with Gasteiger partial charge in [-0.25, -0.2) is 4.39 Å². The molecule has 18 heavy (non-hydrogen) atoms. The van der Waals surface area contributed by atoms with Gasteiger partial charge in [0.15, 0.2) is 0 Å². The van der Waals surface area contributed by atoms with Crippen LogP contribution in [0.25, 0.3) is 0 Å². The van der Waals surface area contributed by atoms with E-state index in [4.69, 9.17) is 4.74 Å². The van der Waals surface area contributed by atoms with Crippen LogP contribution in [-0.4, -0.2) is 25.5 Å². The Bertz CT molecular complexity index is 460. The first-order chi connectivity index (χ1) is 8.45. The largest absolute Gasteiger partial charge is 0.466 e. The lowest BCUT2D eigenvalue weighted by Crippen LogP contribution is -2.29. The van der Waals surface area contributed by atoms with Gasteiger partial charge in [-0.05, 0) is 37.6 Å². The fourth-order valence-electron chi connectivity index (χ4n) is 1.44. The van der Waals surface area contributed by atoms with Crippen molar-refractivity contribution >= 4 is 17.6 Å². The van der Waals surface area contributed by atoms with Crippen molar-refractivity contribution in [3.05, 3.63) is 29.6 Å². The number of benzene rings is 1. The SMILES string of the molecule is CCOC(=O)CC(=O)N(C)c1ccc(F)c(C)c1. The van der Waals surface area contributed by atoms with Crippen LogP contribution in [0.5, 0.6) is 0 Å². The number of carbonyl (C=O) groups excluding carboxylic acids is 2. The maximum atomic E-state index is 13.1. The maximum absolute atomic E-state index is 13.1. The fourth-order valence-corrected chi connectivity index (χ4v) is 1.44. The number of rotatable bonds is 4. The van der Waals surface area contributed by atoms with Crippen LogP contribution in [-0.2, 0) is 14.3 Å². The Morgan fingerprint density at radius 3 is 2.61 bits per heavy atom. The minimum Gasteiger partial charge on any atom is -0.466 e. The van der Waals surface area contributed by atoms with Gasteiger partial charge in [-0.2, -0.15) is 0 Å². The summed E-state index contributed by atoms with van der Waals surface area (Å²) in [5, 5.41) is 0. The summed E-state index contributed by atoms with van der Waals surface area (Å²) in [6.45, 7) is 3.53. The topological polar surface area (TPSA) is 46.6 Å². The number of hydrogen-bond donors (Lipinski definition) is 0. The summed E-state index contributed by atoms with van der Waals surface area (Å²) in [4.78, 5) is 24.2. The summed E-state index contributed by atoms with van der Waals surface area (Å²) >= 11 is 0. The molecule has 0 radical (unpaired) electrons. The highest BCUT2D eigenvalue weighted by atomic mass is 19.1. The van der Waals surface area contributed by atoms with E-state index < -0.39 is 5.97 Å². The molecule has 0 aliphatic carbocycles. The van der Waals surface area contributed by atoms with E-state index in [1.54, 1.807) is 19.9 Å². The first kappa shape index (κ1) is 14.2. The van der Waals surface area contributed by atoms with E-state index >= 15 is 0 Å². The standard InChI is InChI=1S/C13H16FNO3/c1-4-18-13(17)8-12(16)15(3)10-5-6-11(14)9(2)7-10/h5-7H,4,8H2,1-3H3. The molecule has 0 unspecified atom stereocenters. The average Bonchev–Trinajstić information content (AvgIpc) is 2.32. The smallest absolute Gasteiger partial charge is 0.315 e. The molecule has 0 aromatic heterocycles. The van der Waals surface area contributed by atoms with Crippen molar-refractivity contribution in [2.45, 2.75) is 20.3 Å². The Hall–Kier alpha value is -1.91. The molecule has 0 bridgehead atoms. The van der Waals surface area contributed by atoms with E-state index in [1.165, 1.54) is 24.1 Å². The van der Waals surface area contributed by atoms with E-state index in [9.17, 15) is 14.0 Å². The third-order valence-corrected chi connectivity index (χ3v) is 2.50. The number of hydrogen-bond acceptors (Lipinski definition) is 3. The number of amides is 1. The highest BCUT2D eigenvalue weighted by Crippen LogP contribution is 2.17. The molecule has 0 atom stereocenters. The van der Waals surface area contributed by atoms with Gasteiger partial charge in [0.1, 0.15) is 12.2 Å². The van der Waals surface area contributed by atoms with Gasteiger partial charge in [-0.1, -0.05) is 0 Å². The van der Waals surface area contributed by atoms with Crippen molar-refractivity contribution in [1.29, 1.82) is 0 Å². The Kier molecular flexibility index (Phi) is 4.83. The highest BCUT2D eigenvalue weighted by molar-refractivity contribution is 6.03. The molecule has 5 heteroatoms. The van der Waals surface area contributed by atoms with Gasteiger partial charge in [-0.15, -0.1) is 0 Å². The van der Waals surface area contributed by atoms with Crippen LogP contribution in [0, 0.1) is 12.7 Å². The van der Waals surface area contributed by atoms with Crippen LogP contribution in [0.4, 0.5) is 10.1 Å². The van der Waals surface area contributed by atoms with Crippen LogP contribution >= 0.6 is 0 Å². The summed E-state index contributed by atoms with van der Waals surface area (Å²) in [6.07, 6.45) is -0.319. The van der Waals surface area contributed by atoms with E-state index in [-0.39, 0.29) is 24.8 Å². The molecule has 0 heterocycles. The van der Waals surface area contributed by atoms with Crippen molar-refractivity contribution in [2.75, 3.05) is 18.6 Å². The average molecular weight is 253 g/mol. The predicted molar refractivity (Wildman–Crippen MR) is 65.8 cm³/mol. The van der Waals surface area contributed by atoms with Gasteiger partial charge in [0.05, 0.1) is 6.61 Å². The first-order valence-corrected chi connectivity index (χ1v) is 5.64. The van der Waals surface area contributed by atoms with Gasteiger partial charge in [0, 0.05) is 12.7 Å². The minimum absolute atomic E-state index is 0.242. The van der Waals surface area contributed by atoms with E-state index in [2.05, 4.69) is 0 Å². The van der Waals surface area contributed by atoms with Gasteiger partial charge in [0.2, 0.25) is 5.91 Å². The molecule has 0 aliphatic rings. The molecule has 98 valence electrons. The third-order valence-electron chi connectivity index (χ3n) is 2.50. The molecule has 1 rings (SSSR count). The van der Waals surface area contributed by atoms with Gasteiger partial charge < -0.3 is 9.64 Å². The van der Waals surface area contributed by atoms with E-state index in [0.717, 1.165) is 0 Å². The molecule has 0 saturated carbocycles. The Morgan fingerprint density at radius 1 is 1.39 bits per heavy atom. The zero-order valence-corrected chi connectivity index (χ0v) is 10.7. The van der Waals surface area contributed by atoms with Crippen LogP contribution in [0.3, 0.4) is 0 Å². The number of halogens is 1. The predicted octanol–water partition coefficient (Wildman–Crippen LogP) is 2.05. The summed E-state index contributed by atoms with van der Waals surface area (Å²) in [5.41, 5.74) is 0.992. The van der Waals surface area contributed by atoms with Crippen LogP contribution in [0.1, 0.15) is 18.9 Å². The molecule has 0 saturated heterocycles. The number of anilines is 1. The summed E-state index contributed by atoms with van der Waals surface area (Å²) < 4.78 is 17.8. The molecule has 0 fully saturated rings. The lowest BCUT2D eigenvalue weighted by molar-refractivity contribution is -0.145. The molecule has 1 aromatic carbocycles. The molecule has 0 spiro atoms.